The number of carbonyl (C=O) groups is 6. The summed E-state index contributed by atoms with van der Waals surface area (Å²) in [6.07, 6.45) is 1.61. The van der Waals surface area contributed by atoms with Crippen molar-refractivity contribution in [2.45, 2.75) is 72.8 Å². The monoisotopic (exact) mass is 662 g/mol. The number of carboxylic acid groups (broad SMARTS) is 2. The van der Waals surface area contributed by atoms with Crippen LogP contribution in [0.5, 0.6) is 0 Å². The standard InChI is InChI=1S/C30H54N4O12/c1-6-7-10-31-24(36)19-45-17-16-44-14-12-33-25(37)20-46-18-15-43-13-11-32-23(35)9-8-22(26(38)39)34-27(40)29(2,3)21-30(4,5)28(41)42/h22H,6-21H2,1-5H3,(H,31,36)(H,32,35)(H,33,37)(H,34,40)(H,38,39)(H,41,42)/t22-/m0/s1. The first-order chi connectivity index (χ1) is 21.6. The molecule has 0 fully saturated rings. The van der Waals surface area contributed by atoms with Gasteiger partial charge in [0.25, 0.3) is 0 Å². The van der Waals surface area contributed by atoms with E-state index in [1.807, 2.05) is 6.92 Å². The molecular formula is C30H54N4O12. The van der Waals surface area contributed by atoms with E-state index in [1.165, 1.54) is 27.7 Å². The van der Waals surface area contributed by atoms with Gasteiger partial charge in [0.1, 0.15) is 19.3 Å². The first kappa shape index (κ1) is 42.7. The lowest BCUT2D eigenvalue weighted by Gasteiger charge is -2.32. The lowest BCUT2D eigenvalue weighted by molar-refractivity contribution is -0.151. The summed E-state index contributed by atoms with van der Waals surface area (Å²) in [5, 5.41) is 29.2. The molecular weight excluding hydrogens is 608 g/mol. The highest BCUT2D eigenvalue weighted by molar-refractivity contribution is 5.88. The highest BCUT2D eigenvalue weighted by Gasteiger charge is 2.40. The lowest BCUT2D eigenvalue weighted by Crippen LogP contribution is -2.48. The summed E-state index contributed by atoms with van der Waals surface area (Å²) in [5.41, 5.74) is -2.34. The molecule has 0 unspecified atom stereocenters. The van der Waals surface area contributed by atoms with E-state index in [4.69, 9.17) is 18.9 Å². The quantitative estimate of drug-likeness (QED) is 0.0612. The molecule has 0 aromatic rings. The first-order valence-electron chi connectivity index (χ1n) is 15.5. The average Bonchev–Trinajstić information content (AvgIpc) is 2.97. The number of rotatable bonds is 28. The summed E-state index contributed by atoms with van der Waals surface area (Å²) >= 11 is 0. The molecule has 0 aromatic carbocycles. The molecule has 1 atom stereocenters. The Morgan fingerprint density at radius 2 is 1.13 bits per heavy atom. The van der Waals surface area contributed by atoms with Gasteiger partial charge in [0.2, 0.25) is 23.6 Å². The van der Waals surface area contributed by atoms with Crippen LogP contribution in [-0.4, -0.2) is 124 Å². The van der Waals surface area contributed by atoms with Gasteiger partial charge in [-0.1, -0.05) is 27.2 Å². The number of unbranched alkanes of at least 4 members (excludes halogenated alkanes) is 1. The van der Waals surface area contributed by atoms with Crippen LogP contribution in [0.3, 0.4) is 0 Å². The van der Waals surface area contributed by atoms with E-state index in [0.29, 0.717) is 19.7 Å². The summed E-state index contributed by atoms with van der Waals surface area (Å²) in [6, 6.07) is -1.32. The molecule has 4 amide bonds. The van der Waals surface area contributed by atoms with Crippen LogP contribution < -0.4 is 21.3 Å². The minimum atomic E-state index is -1.32. The molecule has 266 valence electrons. The molecule has 6 N–H and O–H groups in total. The van der Waals surface area contributed by atoms with E-state index in [0.717, 1.165) is 12.8 Å². The van der Waals surface area contributed by atoms with Gasteiger partial charge in [0.05, 0.1) is 45.1 Å². The number of hydrogen-bond acceptors (Lipinski definition) is 10. The van der Waals surface area contributed by atoms with Crippen LogP contribution in [0, 0.1) is 10.8 Å². The van der Waals surface area contributed by atoms with Crippen molar-refractivity contribution in [3.8, 4) is 0 Å². The Labute approximate surface area is 271 Å². The van der Waals surface area contributed by atoms with Crippen LogP contribution in [0.15, 0.2) is 0 Å². The third-order valence-electron chi connectivity index (χ3n) is 6.54. The molecule has 0 aliphatic carbocycles. The third kappa shape index (κ3) is 21.4. The van der Waals surface area contributed by atoms with Gasteiger partial charge >= 0.3 is 11.9 Å². The van der Waals surface area contributed by atoms with E-state index < -0.39 is 40.6 Å². The van der Waals surface area contributed by atoms with E-state index >= 15 is 0 Å². The van der Waals surface area contributed by atoms with Crippen LogP contribution in [-0.2, 0) is 47.7 Å². The molecule has 16 heteroatoms. The molecule has 46 heavy (non-hydrogen) atoms. The van der Waals surface area contributed by atoms with Crippen molar-refractivity contribution in [1.82, 2.24) is 21.3 Å². The number of nitrogens with one attached hydrogen (secondary N) is 4. The zero-order chi connectivity index (χ0) is 35.0. The van der Waals surface area contributed by atoms with Crippen molar-refractivity contribution in [2.24, 2.45) is 10.8 Å². The SMILES string of the molecule is CCCCNC(=O)COCCOCCNC(=O)COCCOCCNC(=O)CC[C@H](NC(=O)C(C)(C)CC(C)(C)C(=O)O)C(=O)O. The van der Waals surface area contributed by atoms with Crippen LogP contribution in [0.25, 0.3) is 0 Å². The highest BCUT2D eigenvalue weighted by Crippen LogP contribution is 2.34. The summed E-state index contributed by atoms with van der Waals surface area (Å²) in [5.74, 6) is -3.90. The number of amides is 4. The van der Waals surface area contributed by atoms with Gasteiger partial charge in [-0.25, -0.2) is 4.79 Å². The first-order valence-corrected chi connectivity index (χ1v) is 15.5. The van der Waals surface area contributed by atoms with Crippen LogP contribution >= 0.6 is 0 Å². The van der Waals surface area contributed by atoms with Gasteiger partial charge in [-0.15, -0.1) is 0 Å². The second-order valence-electron chi connectivity index (χ2n) is 11.9. The highest BCUT2D eigenvalue weighted by atomic mass is 16.5. The van der Waals surface area contributed by atoms with E-state index in [2.05, 4.69) is 21.3 Å². The Bertz CT molecular complexity index is 958. The fourth-order valence-corrected chi connectivity index (χ4v) is 4.04. The van der Waals surface area contributed by atoms with Gasteiger partial charge in [0, 0.05) is 31.5 Å². The minimum absolute atomic E-state index is 0.0115. The maximum atomic E-state index is 12.7. The van der Waals surface area contributed by atoms with Crippen molar-refractivity contribution >= 4 is 35.6 Å². The zero-order valence-corrected chi connectivity index (χ0v) is 27.9. The number of carbonyl (C=O) groups excluding carboxylic acids is 4. The van der Waals surface area contributed by atoms with Crippen LogP contribution in [0.2, 0.25) is 0 Å². The average molecular weight is 663 g/mol. The van der Waals surface area contributed by atoms with Gasteiger partial charge in [-0.3, -0.25) is 24.0 Å². The molecule has 0 saturated carbocycles. The molecule has 0 saturated heterocycles. The molecule has 0 spiro atoms. The van der Waals surface area contributed by atoms with Crippen molar-refractivity contribution in [1.29, 1.82) is 0 Å². The van der Waals surface area contributed by atoms with E-state index in [-0.39, 0.29) is 83.9 Å². The van der Waals surface area contributed by atoms with Gasteiger partial charge in [-0.05, 0) is 33.1 Å². The molecule has 0 bridgehead atoms. The van der Waals surface area contributed by atoms with Crippen molar-refractivity contribution < 1.29 is 57.9 Å². The molecule has 0 rings (SSSR count). The third-order valence-corrected chi connectivity index (χ3v) is 6.54. The second-order valence-corrected chi connectivity index (χ2v) is 11.9. The molecule has 0 aromatic heterocycles. The zero-order valence-electron chi connectivity index (χ0n) is 27.9. The van der Waals surface area contributed by atoms with E-state index in [1.54, 1.807) is 0 Å². The summed E-state index contributed by atoms with van der Waals surface area (Å²) in [7, 11) is 0. The summed E-state index contributed by atoms with van der Waals surface area (Å²) in [4.78, 5) is 71.1. The maximum Gasteiger partial charge on any atom is 0.326 e. The van der Waals surface area contributed by atoms with Crippen molar-refractivity contribution in [2.75, 3.05) is 72.5 Å². The normalized spacial score (nSPS) is 12.2. The summed E-state index contributed by atoms with van der Waals surface area (Å²) < 4.78 is 21.1. The minimum Gasteiger partial charge on any atom is -0.481 e. The molecule has 0 radical (unpaired) electrons. The number of ether oxygens (including phenoxy) is 4. The van der Waals surface area contributed by atoms with Crippen molar-refractivity contribution in [3.05, 3.63) is 0 Å². The van der Waals surface area contributed by atoms with Crippen LogP contribution in [0.4, 0.5) is 0 Å². The van der Waals surface area contributed by atoms with Gasteiger partial charge in [0.15, 0.2) is 0 Å². The Morgan fingerprint density at radius 3 is 1.61 bits per heavy atom. The van der Waals surface area contributed by atoms with Crippen molar-refractivity contribution in [3.63, 3.8) is 0 Å². The molecule has 16 nitrogen and oxygen atoms in total. The predicted octanol–water partition coefficient (Wildman–Crippen LogP) is 0.0782. The lowest BCUT2D eigenvalue weighted by atomic mass is 9.74. The number of aliphatic carboxylic acids is 2. The Morgan fingerprint density at radius 1 is 0.652 bits per heavy atom. The van der Waals surface area contributed by atoms with Gasteiger partial charge < -0.3 is 50.4 Å². The topological polar surface area (TPSA) is 228 Å². The Balaban J connectivity index is 3.91. The summed E-state index contributed by atoms with van der Waals surface area (Å²) in [6.45, 7) is 10.3. The molecule has 0 heterocycles. The Kier molecular flexibility index (Phi) is 22.2. The second kappa shape index (κ2) is 23.9. The predicted molar refractivity (Wildman–Crippen MR) is 166 cm³/mol. The van der Waals surface area contributed by atoms with Gasteiger partial charge in [-0.2, -0.15) is 0 Å². The smallest absolute Gasteiger partial charge is 0.326 e. The molecule has 0 aliphatic rings. The largest absolute Gasteiger partial charge is 0.481 e. The maximum absolute atomic E-state index is 12.7. The van der Waals surface area contributed by atoms with Crippen LogP contribution in [0.1, 0.15) is 66.7 Å². The number of carboxylic acids is 2. The number of hydrogen-bond donors (Lipinski definition) is 6. The van der Waals surface area contributed by atoms with E-state index in [9.17, 15) is 39.0 Å². The molecule has 0 aliphatic heterocycles. The fourth-order valence-electron chi connectivity index (χ4n) is 4.04. The fraction of sp³-hybridized carbons (Fsp3) is 0.800. The Hall–Kier alpha value is -3.34.